The van der Waals surface area contributed by atoms with E-state index in [1.54, 1.807) is 38.3 Å². The van der Waals surface area contributed by atoms with Crippen LogP contribution in [0.4, 0.5) is 5.69 Å². The molecule has 2 N–H and O–H groups in total. The van der Waals surface area contributed by atoms with Crippen molar-refractivity contribution in [2.24, 2.45) is 0 Å². The fraction of sp³-hybridized carbons (Fsp3) is 0.316. The summed E-state index contributed by atoms with van der Waals surface area (Å²) in [7, 11) is 4.98. The number of nitrogens with zero attached hydrogens (tertiary/aromatic N) is 1. The van der Waals surface area contributed by atoms with Crippen molar-refractivity contribution in [1.82, 2.24) is 4.90 Å². The maximum atomic E-state index is 12.7. The lowest BCUT2D eigenvalue weighted by atomic mass is 10.0. The van der Waals surface area contributed by atoms with Crippen molar-refractivity contribution in [2.75, 3.05) is 27.0 Å². The summed E-state index contributed by atoms with van der Waals surface area (Å²) < 4.78 is 10.7. The van der Waals surface area contributed by atoms with E-state index in [1.165, 1.54) is 0 Å². The molecular weight excluding hydrogens is 340 g/mol. The van der Waals surface area contributed by atoms with Gasteiger partial charge in [-0.3, -0.25) is 4.79 Å². The van der Waals surface area contributed by atoms with Gasteiger partial charge in [-0.15, -0.1) is 12.4 Å². The predicted molar refractivity (Wildman–Crippen MR) is 103 cm³/mol. The fourth-order valence-electron chi connectivity index (χ4n) is 2.60. The van der Waals surface area contributed by atoms with E-state index in [0.717, 1.165) is 16.7 Å². The minimum absolute atomic E-state index is 0. The number of ether oxygens (including phenoxy) is 2. The molecule has 0 unspecified atom stereocenters. The average Bonchev–Trinajstić information content (AvgIpc) is 2.57. The Balaban J connectivity index is 0.00000312. The molecule has 6 heteroatoms. The number of rotatable bonds is 5. The first-order valence-corrected chi connectivity index (χ1v) is 7.70. The molecular formula is C19H25ClN2O3. The van der Waals surface area contributed by atoms with Crippen LogP contribution >= 0.6 is 12.4 Å². The summed E-state index contributed by atoms with van der Waals surface area (Å²) in [4.78, 5) is 14.4. The minimum atomic E-state index is -0.0611. The molecule has 0 atom stereocenters. The zero-order valence-corrected chi connectivity index (χ0v) is 16.1. The van der Waals surface area contributed by atoms with E-state index >= 15 is 0 Å². The van der Waals surface area contributed by atoms with Crippen molar-refractivity contribution < 1.29 is 14.3 Å². The zero-order valence-electron chi connectivity index (χ0n) is 15.3. The average molecular weight is 365 g/mol. The Morgan fingerprint density at radius 3 is 2.24 bits per heavy atom. The quantitative estimate of drug-likeness (QED) is 0.823. The zero-order chi connectivity index (χ0) is 17.9. The lowest BCUT2D eigenvalue weighted by molar-refractivity contribution is 0.0784. The van der Waals surface area contributed by atoms with Gasteiger partial charge in [0.2, 0.25) is 0 Å². The molecule has 2 rings (SSSR count). The maximum absolute atomic E-state index is 12.7. The van der Waals surface area contributed by atoms with Gasteiger partial charge >= 0.3 is 0 Å². The summed E-state index contributed by atoms with van der Waals surface area (Å²) in [6.07, 6.45) is 0. The second-order valence-electron chi connectivity index (χ2n) is 5.87. The summed E-state index contributed by atoms with van der Waals surface area (Å²) >= 11 is 0. The molecule has 0 saturated carbocycles. The number of carbonyl (C=O) groups excluding carboxylic acids is 1. The highest BCUT2D eigenvalue weighted by atomic mass is 35.5. The van der Waals surface area contributed by atoms with Crippen LogP contribution < -0.4 is 15.2 Å². The van der Waals surface area contributed by atoms with Crippen molar-refractivity contribution in [1.29, 1.82) is 0 Å². The number of methoxy groups -OCH3 is 2. The molecule has 0 radical (unpaired) electrons. The first kappa shape index (κ1) is 20.6. The maximum Gasteiger partial charge on any atom is 0.254 e. The Bertz CT molecular complexity index is 763. The van der Waals surface area contributed by atoms with Gasteiger partial charge in [0.1, 0.15) is 0 Å². The molecule has 0 bridgehead atoms. The van der Waals surface area contributed by atoms with E-state index in [9.17, 15) is 4.79 Å². The van der Waals surface area contributed by atoms with E-state index < -0.39 is 0 Å². The minimum Gasteiger partial charge on any atom is -0.493 e. The molecule has 0 spiro atoms. The Hall–Kier alpha value is -2.40. The van der Waals surface area contributed by atoms with Crippen LogP contribution in [0.2, 0.25) is 0 Å². The number of hydrogen-bond donors (Lipinski definition) is 1. The Labute approximate surface area is 155 Å². The normalized spacial score (nSPS) is 9.96. The second-order valence-corrected chi connectivity index (χ2v) is 5.87. The molecule has 0 aliphatic heterocycles. The summed E-state index contributed by atoms with van der Waals surface area (Å²) in [5.74, 6) is 1.27. The van der Waals surface area contributed by atoms with Crippen molar-refractivity contribution in [3.8, 4) is 11.5 Å². The predicted octanol–water partition coefficient (Wildman–Crippen LogP) is 3.60. The molecule has 0 saturated heterocycles. The molecule has 0 aliphatic carbocycles. The molecule has 136 valence electrons. The third kappa shape index (κ3) is 4.57. The van der Waals surface area contributed by atoms with Gasteiger partial charge in [-0.1, -0.05) is 6.07 Å². The van der Waals surface area contributed by atoms with Gasteiger partial charge in [0.15, 0.2) is 11.5 Å². The van der Waals surface area contributed by atoms with Crippen LogP contribution in [0.25, 0.3) is 0 Å². The lowest BCUT2D eigenvalue weighted by Gasteiger charge is -2.21. The van der Waals surface area contributed by atoms with Gasteiger partial charge in [0.05, 0.1) is 14.2 Å². The van der Waals surface area contributed by atoms with Crippen molar-refractivity contribution in [2.45, 2.75) is 20.4 Å². The van der Waals surface area contributed by atoms with Crippen molar-refractivity contribution in [3.63, 3.8) is 0 Å². The summed E-state index contributed by atoms with van der Waals surface area (Å²) in [6, 6.07) is 9.20. The van der Waals surface area contributed by atoms with Crippen molar-refractivity contribution >= 4 is 24.0 Å². The van der Waals surface area contributed by atoms with Gasteiger partial charge in [0, 0.05) is 24.8 Å². The van der Waals surface area contributed by atoms with Gasteiger partial charge < -0.3 is 20.1 Å². The molecule has 0 heterocycles. The van der Waals surface area contributed by atoms with Crippen LogP contribution in [0.3, 0.4) is 0 Å². The molecule has 0 aliphatic rings. The number of nitrogen functional groups attached to an aromatic ring is 1. The van der Waals surface area contributed by atoms with Gasteiger partial charge in [-0.25, -0.2) is 0 Å². The highest BCUT2D eigenvalue weighted by Gasteiger charge is 2.17. The molecule has 1 amide bonds. The number of amides is 1. The standard InChI is InChI=1S/C19H24N2O3.ClH/c1-12-6-7-15(20)10-16(12)19(22)21(3)11-14-9-18(24-5)17(23-4)8-13(14)2;/h6-10H,11,20H2,1-5H3;1H. The number of benzene rings is 2. The first-order valence-electron chi connectivity index (χ1n) is 7.70. The Kier molecular flexibility index (Phi) is 7.12. The smallest absolute Gasteiger partial charge is 0.254 e. The highest BCUT2D eigenvalue weighted by molar-refractivity contribution is 5.96. The van der Waals surface area contributed by atoms with Gasteiger partial charge in [-0.05, 0) is 54.8 Å². The third-order valence-corrected chi connectivity index (χ3v) is 4.09. The lowest BCUT2D eigenvalue weighted by Crippen LogP contribution is -2.27. The molecule has 5 nitrogen and oxygen atoms in total. The number of aryl methyl sites for hydroxylation is 2. The number of halogens is 1. The number of hydrogen-bond acceptors (Lipinski definition) is 4. The number of carbonyl (C=O) groups is 1. The molecule has 0 aromatic heterocycles. The van der Waals surface area contributed by atoms with E-state index in [0.29, 0.717) is 29.3 Å². The third-order valence-electron chi connectivity index (χ3n) is 4.09. The molecule has 25 heavy (non-hydrogen) atoms. The highest BCUT2D eigenvalue weighted by Crippen LogP contribution is 2.31. The van der Waals surface area contributed by atoms with E-state index in [1.807, 2.05) is 32.0 Å². The van der Waals surface area contributed by atoms with Crippen LogP contribution in [0, 0.1) is 13.8 Å². The van der Waals surface area contributed by atoms with Crippen LogP contribution in [0.1, 0.15) is 27.0 Å². The van der Waals surface area contributed by atoms with Gasteiger partial charge in [0.25, 0.3) is 5.91 Å². The van der Waals surface area contributed by atoms with E-state index in [-0.39, 0.29) is 18.3 Å². The summed E-state index contributed by atoms with van der Waals surface area (Å²) in [5.41, 5.74) is 9.97. The van der Waals surface area contributed by atoms with Crippen LogP contribution in [0.5, 0.6) is 11.5 Å². The Morgan fingerprint density at radius 2 is 1.64 bits per heavy atom. The van der Waals surface area contributed by atoms with E-state index in [2.05, 4.69) is 0 Å². The van der Waals surface area contributed by atoms with Crippen molar-refractivity contribution in [3.05, 3.63) is 52.6 Å². The molecule has 0 fully saturated rings. The molecule has 2 aromatic rings. The largest absolute Gasteiger partial charge is 0.493 e. The second kappa shape index (κ2) is 8.62. The number of nitrogens with two attached hydrogens (primary N) is 1. The SMILES string of the molecule is COc1cc(C)c(CN(C)C(=O)c2cc(N)ccc2C)cc1OC.Cl. The van der Waals surface area contributed by atoms with Crippen LogP contribution in [0.15, 0.2) is 30.3 Å². The van der Waals surface area contributed by atoms with Crippen LogP contribution in [-0.2, 0) is 6.54 Å². The monoisotopic (exact) mass is 364 g/mol. The van der Waals surface area contributed by atoms with Gasteiger partial charge in [-0.2, -0.15) is 0 Å². The first-order chi connectivity index (χ1) is 11.4. The number of anilines is 1. The molecule has 2 aromatic carbocycles. The summed E-state index contributed by atoms with van der Waals surface area (Å²) in [6.45, 7) is 4.36. The fourth-order valence-corrected chi connectivity index (χ4v) is 2.60. The summed E-state index contributed by atoms with van der Waals surface area (Å²) in [5, 5.41) is 0. The Morgan fingerprint density at radius 1 is 1.04 bits per heavy atom. The van der Waals surface area contributed by atoms with Crippen LogP contribution in [-0.4, -0.2) is 32.1 Å². The topological polar surface area (TPSA) is 64.8 Å². The van der Waals surface area contributed by atoms with E-state index in [4.69, 9.17) is 15.2 Å².